The molecule has 1 atom stereocenters. The molecule has 1 aliphatic heterocycles. The summed E-state index contributed by atoms with van der Waals surface area (Å²) in [5.41, 5.74) is 11.0. The highest BCUT2D eigenvalue weighted by Crippen LogP contribution is 2.36. The number of nitrogens with one attached hydrogen (secondary N) is 1. The van der Waals surface area contributed by atoms with Gasteiger partial charge in [-0.3, -0.25) is 0 Å². The fraction of sp³-hybridized carbons (Fsp3) is 0.200. The van der Waals surface area contributed by atoms with Gasteiger partial charge in [0.25, 0.3) is 0 Å². The quantitative estimate of drug-likeness (QED) is 0.751. The van der Waals surface area contributed by atoms with Crippen LogP contribution in [-0.2, 0) is 0 Å². The summed E-state index contributed by atoms with van der Waals surface area (Å²) in [5.74, 6) is 0.542. The first-order chi connectivity index (χ1) is 10.8. The zero-order valence-corrected chi connectivity index (χ0v) is 12.5. The topological polar surface area (TPSA) is 38.0 Å². The number of nitrogens with two attached hydrogens (primary N) is 1. The van der Waals surface area contributed by atoms with Crippen molar-refractivity contribution in [3.63, 3.8) is 0 Å². The maximum Gasteiger partial charge on any atom is 0.0376 e. The van der Waals surface area contributed by atoms with Crippen molar-refractivity contribution < 1.29 is 0 Å². The molecule has 0 radical (unpaired) electrons. The Morgan fingerprint density at radius 2 is 1.68 bits per heavy atom. The van der Waals surface area contributed by atoms with Crippen molar-refractivity contribution in [2.45, 2.75) is 12.3 Å². The Balaban J connectivity index is 1.77. The lowest BCUT2D eigenvalue weighted by Crippen LogP contribution is -2.08. The number of rotatable bonds is 3. The van der Waals surface area contributed by atoms with Crippen molar-refractivity contribution in [2.24, 2.45) is 5.73 Å². The maximum absolute atomic E-state index is 5.75. The van der Waals surface area contributed by atoms with Crippen LogP contribution < -0.4 is 11.1 Å². The van der Waals surface area contributed by atoms with Crippen LogP contribution in [0.15, 0.2) is 60.7 Å². The summed E-state index contributed by atoms with van der Waals surface area (Å²) < 4.78 is 0. The Kier molecular flexibility index (Phi) is 3.32. The van der Waals surface area contributed by atoms with Crippen LogP contribution in [0.1, 0.15) is 17.9 Å². The van der Waals surface area contributed by atoms with Gasteiger partial charge in [0.05, 0.1) is 0 Å². The Morgan fingerprint density at radius 3 is 2.55 bits per heavy atom. The van der Waals surface area contributed by atoms with E-state index in [0.717, 1.165) is 19.5 Å². The highest BCUT2D eigenvalue weighted by molar-refractivity contribution is 5.87. The molecule has 2 heteroatoms. The zero-order chi connectivity index (χ0) is 14.9. The van der Waals surface area contributed by atoms with E-state index in [-0.39, 0.29) is 0 Å². The molecule has 0 bridgehead atoms. The number of anilines is 1. The summed E-state index contributed by atoms with van der Waals surface area (Å²) in [6.07, 6.45) is 1.04. The smallest absolute Gasteiger partial charge is 0.0376 e. The van der Waals surface area contributed by atoms with Crippen molar-refractivity contribution in [1.29, 1.82) is 0 Å². The lowest BCUT2D eigenvalue weighted by Gasteiger charge is -2.11. The van der Waals surface area contributed by atoms with Crippen molar-refractivity contribution in [1.82, 2.24) is 0 Å². The number of benzene rings is 3. The van der Waals surface area contributed by atoms with Gasteiger partial charge in [-0.2, -0.15) is 0 Å². The Bertz CT molecular complexity index is 821. The molecule has 1 unspecified atom stereocenters. The second-order valence-corrected chi connectivity index (χ2v) is 6.02. The highest BCUT2D eigenvalue weighted by Gasteiger charge is 2.21. The van der Waals surface area contributed by atoms with Gasteiger partial charge >= 0.3 is 0 Å². The standard InChI is InChI=1S/C20H20N2/c21-10-9-18-13-22-20-8-7-17(12-19(18)20)16-6-5-14-3-1-2-4-15(14)11-16/h1-8,11-12,18,22H,9-10,13,21H2. The van der Waals surface area contributed by atoms with Crippen molar-refractivity contribution in [3.8, 4) is 11.1 Å². The molecule has 0 amide bonds. The van der Waals surface area contributed by atoms with Gasteiger partial charge in [-0.25, -0.2) is 0 Å². The average Bonchev–Trinajstić information content (AvgIpc) is 2.97. The van der Waals surface area contributed by atoms with Crippen LogP contribution in [-0.4, -0.2) is 13.1 Å². The second-order valence-electron chi connectivity index (χ2n) is 6.02. The molecule has 3 N–H and O–H groups in total. The van der Waals surface area contributed by atoms with Crippen LogP contribution >= 0.6 is 0 Å². The fourth-order valence-electron chi connectivity index (χ4n) is 3.41. The first-order valence-corrected chi connectivity index (χ1v) is 7.92. The first-order valence-electron chi connectivity index (χ1n) is 7.92. The SMILES string of the molecule is NCCC1CNc2ccc(-c3ccc4ccccc4c3)cc21. The van der Waals surface area contributed by atoms with Crippen LogP contribution in [0.4, 0.5) is 5.69 Å². The molecule has 4 rings (SSSR count). The summed E-state index contributed by atoms with van der Waals surface area (Å²) in [4.78, 5) is 0. The Labute approximate surface area is 131 Å². The van der Waals surface area contributed by atoms with Crippen LogP contribution in [0, 0.1) is 0 Å². The molecule has 0 saturated carbocycles. The van der Waals surface area contributed by atoms with Crippen molar-refractivity contribution >= 4 is 16.5 Å². The largest absolute Gasteiger partial charge is 0.384 e. The maximum atomic E-state index is 5.75. The molecule has 0 saturated heterocycles. The zero-order valence-electron chi connectivity index (χ0n) is 12.5. The van der Waals surface area contributed by atoms with E-state index in [0.29, 0.717) is 5.92 Å². The van der Waals surface area contributed by atoms with Gasteiger partial charge in [0.15, 0.2) is 0 Å². The van der Waals surface area contributed by atoms with Gasteiger partial charge in [-0.1, -0.05) is 42.5 Å². The van der Waals surface area contributed by atoms with Gasteiger partial charge in [-0.15, -0.1) is 0 Å². The highest BCUT2D eigenvalue weighted by atomic mass is 14.9. The third-order valence-electron chi connectivity index (χ3n) is 4.63. The van der Waals surface area contributed by atoms with Crippen molar-refractivity contribution in [3.05, 3.63) is 66.2 Å². The molecule has 2 nitrogen and oxygen atoms in total. The minimum Gasteiger partial charge on any atom is -0.384 e. The Hall–Kier alpha value is -2.32. The van der Waals surface area contributed by atoms with Crippen LogP contribution in [0.3, 0.4) is 0 Å². The van der Waals surface area contributed by atoms with E-state index in [9.17, 15) is 0 Å². The van der Waals surface area contributed by atoms with E-state index >= 15 is 0 Å². The molecule has 1 aliphatic rings. The Morgan fingerprint density at radius 1 is 0.909 bits per heavy atom. The molecule has 1 heterocycles. The van der Waals surface area contributed by atoms with Crippen LogP contribution in [0.25, 0.3) is 21.9 Å². The van der Waals surface area contributed by atoms with E-state index < -0.39 is 0 Å². The van der Waals surface area contributed by atoms with Gasteiger partial charge in [-0.05, 0) is 58.6 Å². The van der Waals surface area contributed by atoms with Crippen molar-refractivity contribution in [2.75, 3.05) is 18.4 Å². The predicted molar refractivity (Wildman–Crippen MR) is 94.3 cm³/mol. The van der Waals surface area contributed by atoms with Crippen LogP contribution in [0.2, 0.25) is 0 Å². The number of fused-ring (bicyclic) bond motifs is 2. The van der Waals surface area contributed by atoms with E-state index in [1.165, 1.54) is 33.2 Å². The molecule has 3 aromatic carbocycles. The van der Waals surface area contributed by atoms with Gasteiger partial charge in [0.2, 0.25) is 0 Å². The minimum absolute atomic E-state index is 0.542. The monoisotopic (exact) mass is 288 g/mol. The molecular formula is C20H20N2. The lowest BCUT2D eigenvalue weighted by molar-refractivity contribution is 0.686. The molecule has 3 aromatic rings. The molecular weight excluding hydrogens is 268 g/mol. The molecule has 110 valence electrons. The third-order valence-corrected chi connectivity index (χ3v) is 4.63. The predicted octanol–water partition coefficient (Wildman–Crippen LogP) is 4.36. The molecule has 0 aromatic heterocycles. The van der Waals surface area contributed by atoms with Gasteiger partial charge < -0.3 is 11.1 Å². The molecule has 0 aliphatic carbocycles. The van der Waals surface area contributed by atoms with Crippen LogP contribution in [0.5, 0.6) is 0 Å². The fourth-order valence-corrected chi connectivity index (χ4v) is 3.41. The normalized spacial score (nSPS) is 16.5. The number of hydrogen-bond acceptors (Lipinski definition) is 2. The summed E-state index contributed by atoms with van der Waals surface area (Å²) >= 11 is 0. The molecule has 0 fully saturated rings. The summed E-state index contributed by atoms with van der Waals surface area (Å²) in [5, 5.41) is 6.06. The first kappa shape index (κ1) is 13.4. The van der Waals surface area contributed by atoms with Gasteiger partial charge in [0.1, 0.15) is 0 Å². The average molecular weight is 288 g/mol. The summed E-state index contributed by atoms with van der Waals surface area (Å²) in [7, 11) is 0. The lowest BCUT2D eigenvalue weighted by atomic mass is 9.93. The third kappa shape index (κ3) is 2.26. The second kappa shape index (κ2) is 5.47. The molecule has 22 heavy (non-hydrogen) atoms. The van der Waals surface area contributed by atoms with E-state index in [1.54, 1.807) is 0 Å². The molecule has 0 spiro atoms. The van der Waals surface area contributed by atoms with E-state index in [1.807, 2.05) is 0 Å². The minimum atomic E-state index is 0.542. The summed E-state index contributed by atoms with van der Waals surface area (Å²) in [6, 6.07) is 21.9. The van der Waals surface area contributed by atoms with E-state index in [4.69, 9.17) is 5.73 Å². The number of hydrogen-bond donors (Lipinski definition) is 2. The van der Waals surface area contributed by atoms with Gasteiger partial charge in [0, 0.05) is 18.2 Å². The summed E-state index contributed by atoms with van der Waals surface area (Å²) in [6.45, 7) is 1.75. The van der Waals surface area contributed by atoms with E-state index in [2.05, 4.69) is 66.0 Å².